The Hall–Kier alpha value is -1.57. The summed E-state index contributed by atoms with van der Waals surface area (Å²) in [6.45, 7) is 0. The van der Waals surface area contributed by atoms with Crippen LogP contribution >= 0.6 is 15.9 Å². The molecule has 0 radical (unpaired) electrons. The van der Waals surface area contributed by atoms with Crippen molar-refractivity contribution in [3.63, 3.8) is 0 Å². The summed E-state index contributed by atoms with van der Waals surface area (Å²) in [4.78, 5) is 21.8. The van der Waals surface area contributed by atoms with E-state index in [4.69, 9.17) is 5.11 Å². The minimum Gasteiger partial charge on any atom is -0.481 e. The molecular weight excluding hydrogens is 343 g/mol. The second-order valence-electron chi connectivity index (χ2n) is 3.99. The normalized spacial score (nSPS) is 11.2. The molecule has 1 amide bonds. The summed E-state index contributed by atoms with van der Waals surface area (Å²) >= 11 is 3.04. The molecule has 0 fully saturated rings. The third-order valence-corrected chi connectivity index (χ3v) is 3.05. The van der Waals surface area contributed by atoms with Crippen molar-refractivity contribution >= 4 is 33.5 Å². The average Bonchev–Trinajstić information content (AvgIpc) is 2.30. The van der Waals surface area contributed by atoms with Gasteiger partial charge in [0, 0.05) is 17.3 Å². The Morgan fingerprint density at radius 3 is 2.45 bits per heavy atom. The Morgan fingerprint density at radius 1 is 1.25 bits per heavy atom. The van der Waals surface area contributed by atoms with Gasteiger partial charge in [0.25, 0.3) is 0 Å². The maximum atomic E-state index is 12.5. The highest BCUT2D eigenvalue weighted by atomic mass is 79.9. The maximum absolute atomic E-state index is 12.5. The van der Waals surface area contributed by atoms with E-state index in [1.165, 1.54) is 6.07 Å². The van der Waals surface area contributed by atoms with Gasteiger partial charge >= 0.3 is 12.1 Å². The number of benzene rings is 1. The fourth-order valence-corrected chi connectivity index (χ4v) is 1.76. The fraction of sp³-hybridized carbons (Fsp3) is 0.333. The van der Waals surface area contributed by atoms with Gasteiger partial charge in [0.1, 0.15) is 0 Å². The number of amides is 1. The maximum Gasteiger partial charge on any atom is 0.416 e. The van der Waals surface area contributed by atoms with Gasteiger partial charge in [-0.3, -0.25) is 9.59 Å². The van der Waals surface area contributed by atoms with Crippen molar-refractivity contribution in [3.8, 4) is 0 Å². The van der Waals surface area contributed by atoms with Gasteiger partial charge in [-0.05, 0) is 40.5 Å². The van der Waals surface area contributed by atoms with E-state index in [0.29, 0.717) is 4.47 Å². The Kier molecular flexibility index (Phi) is 5.55. The monoisotopic (exact) mass is 353 g/mol. The van der Waals surface area contributed by atoms with Crippen molar-refractivity contribution in [2.24, 2.45) is 0 Å². The van der Waals surface area contributed by atoms with Gasteiger partial charge in [0.05, 0.1) is 11.3 Å². The zero-order valence-corrected chi connectivity index (χ0v) is 11.7. The zero-order valence-electron chi connectivity index (χ0n) is 10.1. The molecule has 0 spiro atoms. The molecule has 20 heavy (non-hydrogen) atoms. The number of aliphatic carboxylic acids is 1. The molecule has 110 valence electrons. The smallest absolute Gasteiger partial charge is 0.416 e. The van der Waals surface area contributed by atoms with Crippen molar-refractivity contribution in [1.29, 1.82) is 0 Å². The summed E-state index contributed by atoms with van der Waals surface area (Å²) in [7, 11) is 0. The summed E-state index contributed by atoms with van der Waals surface area (Å²) in [5.74, 6) is -1.57. The first-order chi connectivity index (χ1) is 9.20. The number of rotatable bonds is 5. The lowest BCUT2D eigenvalue weighted by Gasteiger charge is -2.11. The molecule has 0 aliphatic heterocycles. The van der Waals surface area contributed by atoms with Crippen LogP contribution in [-0.4, -0.2) is 17.0 Å². The Labute approximate surface area is 121 Å². The highest BCUT2D eigenvalue weighted by Crippen LogP contribution is 2.33. The van der Waals surface area contributed by atoms with Crippen LogP contribution in [0.15, 0.2) is 22.7 Å². The van der Waals surface area contributed by atoms with E-state index in [0.717, 1.165) is 12.1 Å². The van der Waals surface area contributed by atoms with E-state index < -0.39 is 23.6 Å². The van der Waals surface area contributed by atoms with Crippen molar-refractivity contribution in [1.82, 2.24) is 0 Å². The van der Waals surface area contributed by atoms with Crippen molar-refractivity contribution in [2.45, 2.75) is 25.4 Å². The van der Waals surface area contributed by atoms with Gasteiger partial charge in [-0.2, -0.15) is 13.2 Å². The molecule has 8 heteroatoms. The number of carboxylic acid groups (broad SMARTS) is 1. The molecule has 0 bridgehead atoms. The predicted octanol–water partition coefficient (Wildman–Crippen LogP) is 3.66. The molecule has 1 aromatic rings. The Bertz CT molecular complexity index is 517. The first-order valence-corrected chi connectivity index (χ1v) is 6.38. The van der Waals surface area contributed by atoms with Crippen LogP contribution in [-0.2, 0) is 15.8 Å². The lowest BCUT2D eigenvalue weighted by molar-refractivity contribution is -0.138. The molecule has 0 unspecified atom stereocenters. The van der Waals surface area contributed by atoms with Crippen LogP contribution in [0.2, 0.25) is 0 Å². The third-order valence-electron chi connectivity index (χ3n) is 2.36. The molecule has 0 aliphatic rings. The molecule has 0 heterocycles. The molecule has 0 saturated carbocycles. The van der Waals surface area contributed by atoms with Crippen LogP contribution in [0, 0.1) is 0 Å². The Morgan fingerprint density at radius 2 is 1.90 bits per heavy atom. The molecule has 4 nitrogen and oxygen atoms in total. The lowest BCUT2D eigenvalue weighted by Crippen LogP contribution is -2.13. The zero-order chi connectivity index (χ0) is 15.3. The first kappa shape index (κ1) is 16.5. The number of hydrogen-bond donors (Lipinski definition) is 2. The number of carbonyl (C=O) groups is 2. The first-order valence-electron chi connectivity index (χ1n) is 5.58. The summed E-state index contributed by atoms with van der Waals surface area (Å²) < 4.78 is 37.9. The number of halogens is 4. The SMILES string of the molecule is O=C(O)CCCC(=O)Nc1cc(C(F)(F)F)ccc1Br. The number of anilines is 1. The van der Waals surface area contributed by atoms with Crippen LogP contribution in [0.4, 0.5) is 18.9 Å². The van der Waals surface area contributed by atoms with Gasteiger partial charge in [0.15, 0.2) is 0 Å². The number of nitrogens with one attached hydrogen (secondary N) is 1. The fourth-order valence-electron chi connectivity index (χ4n) is 1.41. The second kappa shape index (κ2) is 6.74. The van der Waals surface area contributed by atoms with E-state index in [1.807, 2.05) is 0 Å². The molecule has 1 aromatic carbocycles. The van der Waals surface area contributed by atoms with Crippen LogP contribution in [0.5, 0.6) is 0 Å². The van der Waals surface area contributed by atoms with E-state index in [-0.39, 0.29) is 24.9 Å². The lowest BCUT2D eigenvalue weighted by atomic mass is 10.2. The highest BCUT2D eigenvalue weighted by Gasteiger charge is 2.31. The van der Waals surface area contributed by atoms with Gasteiger partial charge in [-0.15, -0.1) is 0 Å². The average molecular weight is 354 g/mol. The minimum atomic E-state index is -4.50. The Balaban J connectivity index is 2.71. The quantitative estimate of drug-likeness (QED) is 0.848. The molecule has 0 aromatic heterocycles. The number of carbonyl (C=O) groups excluding carboxylic acids is 1. The molecular formula is C12H11BrF3NO3. The number of hydrogen-bond acceptors (Lipinski definition) is 2. The largest absolute Gasteiger partial charge is 0.481 e. The molecule has 1 rings (SSSR count). The van der Waals surface area contributed by atoms with E-state index >= 15 is 0 Å². The molecule has 0 saturated heterocycles. The summed E-state index contributed by atoms with van der Waals surface area (Å²) in [6, 6.07) is 2.90. The molecule has 2 N–H and O–H groups in total. The molecule has 0 aliphatic carbocycles. The second-order valence-corrected chi connectivity index (χ2v) is 4.84. The van der Waals surface area contributed by atoms with Crippen LogP contribution < -0.4 is 5.32 Å². The number of carboxylic acids is 1. The van der Waals surface area contributed by atoms with E-state index in [1.54, 1.807) is 0 Å². The highest BCUT2D eigenvalue weighted by molar-refractivity contribution is 9.10. The minimum absolute atomic E-state index is 0.000139. The predicted molar refractivity (Wildman–Crippen MR) is 69.3 cm³/mol. The summed E-state index contributed by atoms with van der Waals surface area (Å²) in [5, 5.41) is 10.7. The van der Waals surface area contributed by atoms with Crippen LogP contribution in [0.25, 0.3) is 0 Å². The molecule has 0 atom stereocenters. The van der Waals surface area contributed by atoms with Crippen molar-refractivity contribution in [3.05, 3.63) is 28.2 Å². The van der Waals surface area contributed by atoms with Crippen LogP contribution in [0.1, 0.15) is 24.8 Å². The van der Waals surface area contributed by atoms with Gasteiger partial charge in [0.2, 0.25) is 5.91 Å². The van der Waals surface area contributed by atoms with Crippen LogP contribution in [0.3, 0.4) is 0 Å². The van der Waals surface area contributed by atoms with E-state index in [9.17, 15) is 22.8 Å². The van der Waals surface area contributed by atoms with Crippen molar-refractivity contribution in [2.75, 3.05) is 5.32 Å². The standard InChI is InChI=1S/C12H11BrF3NO3/c13-8-5-4-7(12(14,15)16)6-9(8)17-10(18)2-1-3-11(19)20/h4-6H,1-3H2,(H,17,18)(H,19,20). The van der Waals surface area contributed by atoms with E-state index in [2.05, 4.69) is 21.2 Å². The van der Waals surface area contributed by atoms with Gasteiger partial charge < -0.3 is 10.4 Å². The summed E-state index contributed by atoms with van der Waals surface area (Å²) in [6.07, 6.45) is -4.62. The van der Waals surface area contributed by atoms with Crippen molar-refractivity contribution < 1.29 is 27.9 Å². The topological polar surface area (TPSA) is 66.4 Å². The summed E-state index contributed by atoms with van der Waals surface area (Å²) in [5.41, 5.74) is -0.873. The number of alkyl halides is 3. The van der Waals surface area contributed by atoms with Gasteiger partial charge in [-0.25, -0.2) is 0 Å². The van der Waals surface area contributed by atoms with Gasteiger partial charge in [-0.1, -0.05) is 0 Å². The third kappa shape index (κ3) is 5.20.